The molecule has 4 aromatic rings. The maximum Gasteiger partial charge on any atom is 0.263 e. The summed E-state index contributed by atoms with van der Waals surface area (Å²) in [5, 5.41) is 3.09. The van der Waals surface area contributed by atoms with E-state index in [1.54, 1.807) is 64.8 Å². The summed E-state index contributed by atoms with van der Waals surface area (Å²) < 4.78 is 43.9. The summed E-state index contributed by atoms with van der Waals surface area (Å²) >= 11 is 0. The highest BCUT2D eigenvalue weighted by molar-refractivity contribution is 7.92. The fourth-order valence-electron chi connectivity index (χ4n) is 3.78. The molecule has 0 bridgehead atoms. The van der Waals surface area contributed by atoms with Crippen LogP contribution in [0.3, 0.4) is 0 Å². The second-order valence-electron chi connectivity index (χ2n) is 8.46. The fourth-order valence-corrected chi connectivity index (χ4v) is 4.79. The predicted molar refractivity (Wildman–Crippen MR) is 153 cm³/mol. The van der Waals surface area contributed by atoms with Gasteiger partial charge in [0.2, 0.25) is 5.75 Å². The molecule has 0 aliphatic heterocycles. The van der Waals surface area contributed by atoms with Crippen LogP contribution in [-0.2, 0) is 16.4 Å². The number of sulfonamides is 1. The number of benzene rings is 2. The maximum atomic E-state index is 12.6. The van der Waals surface area contributed by atoms with Crippen LogP contribution < -0.4 is 30.0 Å². The number of nitrogens with two attached hydrogens (primary N) is 1. The zero-order chi connectivity index (χ0) is 28.7. The molecule has 4 rings (SSSR count). The molecule has 2 heterocycles. The molecule has 0 aliphatic rings. The summed E-state index contributed by atoms with van der Waals surface area (Å²) in [5.41, 5.74) is 8.42. The van der Waals surface area contributed by atoms with Crippen LogP contribution >= 0.6 is 0 Å². The van der Waals surface area contributed by atoms with Crippen LogP contribution in [0.25, 0.3) is 0 Å². The van der Waals surface area contributed by atoms with Gasteiger partial charge in [-0.1, -0.05) is 6.07 Å². The van der Waals surface area contributed by atoms with Gasteiger partial charge < -0.3 is 25.3 Å². The van der Waals surface area contributed by atoms with E-state index in [2.05, 4.69) is 30.0 Å². The van der Waals surface area contributed by atoms with E-state index in [4.69, 9.17) is 19.9 Å². The summed E-state index contributed by atoms with van der Waals surface area (Å²) in [5.74, 6) is 2.76. The van der Waals surface area contributed by atoms with Crippen molar-refractivity contribution in [3.05, 3.63) is 78.1 Å². The van der Waals surface area contributed by atoms with Crippen molar-refractivity contribution < 1.29 is 22.6 Å². The van der Waals surface area contributed by atoms with E-state index in [1.807, 2.05) is 12.1 Å². The summed E-state index contributed by atoms with van der Waals surface area (Å²) in [6.07, 6.45) is 3.56. The smallest absolute Gasteiger partial charge is 0.263 e. The van der Waals surface area contributed by atoms with Crippen LogP contribution in [0.15, 0.2) is 76.9 Å². The molecule has 13 heteroatoms. The van der Waals surface area contributed by atoms with Gasteiger partial charge in [0.05, 0.1) is 26.2 Å². The summed E-state index contributed by atoms with van der Waals surface area (Å²) in [6.45, 7) is 1.73. The van der Waals surface area contributed by atoms with E-state index in [0.29, 0.717) is 40.8 Å². The molecule has 208 valence electrons. The first-order valence-corrected chi connectivity index (χ1v) is 13.5. The van der Waals surface area contributed by atoms with E-state index >= 15 is 0 Å². The Labute approximate surface area is 232 Å². The van der Waals surface area contributed by atoms with Crippen LogP contribution in [0.5, 0.6) is 17.2 Å². The van der Waals surface area contributed by atoms with Crippen molar-refractivity contribution in [3.8, 4) is 17.2 Å². The third-order valence-corrected chi connectivity index (χ3v) is 7.04. The number of anilines is 3. The second kappa shape index (κ2) is 12.3. The Balaban J connectivity index is 1.44. The van der Waals surface area contributed by atoms with E-state index in [9.17, 15) is 8.42 Å². The molecule has 2 aromatic heterocycles. The normalized spacial score (nSPS) is 11.6. The third kappa shape index (κ3) is 6.74. The number of nitrogen functional groups attached to an aromatic ring is 1. The highest BCUT2D eigenvalue weighted by Gasteiger charge is 2.16. The van der Waals surface area contributed by atoms with Gasteiger partial charge in [-0.15, -0.1) is 0 Å². The number of methoxy groups -OCH3 is 3. The molecule has 0 amide bonds. The number of hydrogen-bond donors (Lipinski definition) is 3. The Morgan fingerprint density at radius 1 is 0.975 bits per heavy atom. The Morgan fingerprint density at radius 3 is 2.25 bits per heavy atom. The number of amidine groups is 1. The Hall–Kier alpha value is -4.91. The molecule has 0 saturated heterocycles. The summed E-state index contributed by atoms with van der Waals surface area (Å²) in [4.78, 5) is 17.1. The molecule has 0 aliphatic carbocycles. The maximum absolute atomic E-state index is 12.6. The topological polar surface area (TPSA) is 163 Å². The molecule has 0 unspecified atom stereocenters. The average Bonchev–Trinajstić information content (AvgIpc) is 2.94. The molecule has 40 heavy (non-hydrogen) atoms. The van der Waals surface area contributed by atoms with Crippen molar-refractivity contribution in [2.45, 2.75) is 18.2 Å². The second-order valence-corrected chi connectivity index (χ2v) is 10.1. The number of pyridine rings is 1. The SMILES string of the molecule is COc1cc(Cc2cnc(/N=C(\C)Nc3ccc(S(=O)(=O)Nc4ccccn4)cc3)nc2N)cc(OC)c1OC. The lowest BCUT2D eigenvalue weighted by molar-refractivity contribution is 0.324. The largest absolute Gasteiger partial charge is 0.493 e. The summed E-state index contributed by atoms with van der Waals surface area (Å²) in [6, 6.07) is 14.9. The molecule has 0 saturated carbocycles. The quantitative estimate of drug-likeness (QED) is 0.190. The fraction of sp³-hybridized carbons (Fsp3) is 0.185. The van der Waals surface area contributed by atoms with E-state index in [-0.39, 0.29) is 22.5 Å². The number of nitrogens with zero attached hydrogens (tertiary/aromatic N) is 4. The number of ether oxygens (including phenoxy) is 3. The highest BCUT2D eigenvalue weighted by Crippen LogP contribution is 2.39. The van der Waals surface area contributed by atoms with Gasteiger partial charge in [-0.05, 0) is 61.0 Å². The van der Waals surface area contributed by atoms with E-state index < -0.39 is 10.0 Å². The van der Waals surface area contributed by atoms with Gasteiger partial charge in [0, 0.05) is 30.1 Å². The standard InChI is InChI=1S/C27H29N7O5S/c1-17(31-20-8-10-21(11-9-20)40(35,36)34-24-7-5-6-12-29-24)32-27-30-16-19(26(28)33-27)13-18-14-22(37-2)25(39-4)23(15-18)38-3/h5-12,14-16H,13H2,1-4H3,(H,29,34)(H3,28,30,31,32,33). The number of aromatic nitrogens is 3. The molecule has 2 aromatic carbocycles. The van der Waals surface area contributed by atoms with Crippen molar-refractivity contribution in [2.75, 3.05) is 37.1 Å². The average molecular weight is 564 g/mol. The van der Waals surface area contributed by atoms with Crippen molar-refractivity contribution in [2.24, 2.45) is 4.99 Å². The van der Waals surface area contributed by atoms with Gasteiger partial charge in [0.25, 0.3) is 16.0 Å². The van der Waals surface area contributed by atoms with Crippen LogP contribution in [0.1, 0.15) is 18.1 Å². The van der Waals surface area contributed by atoms with Crippen molar-refractivity contribution >= 4 is 39.1 Å². The van der Waals surface area contributed by atoms with E-state index in [0.717, 1.165) is 5.56 Å². The molecule has 12 nitrogen and oxygen atoms in total. The predicted octanol–water partition coefficient (Wildman–Crippen LogP) is 4.03. The molecular weight excluding hydrogens is 534 g/mol. The number of hydrogen-bond acceptors (Lipinski definition) is 10. The van der Waals surface area contributed by atoms with Gasteiger partial charge in [0.15, 0.2) is 11.5 Å². The molecular formula is C27H29N7O5S. The van der Waals surface area contributed by atoms with Crippen LogP contribution in [0.4, 0.5) is 23.3 Å². The van der Waals surface area contributed by atoms with Gasteiger partial charge in [-0.3, -0.25) is 4.72 Å². The summed E-state index contributed by atoms with van der Waals surface area (Å²) in [7, 11) is 0.880. The number of nitrogens with one attached hydrogen (secondary N) is 2. The number of aliphatic imine (C=N–C) groups is 1. The zero-order valence-corrected chi connectivity index (χ0v) is 23.2. The molecule has 0 atom stereocenters. The van der Waals surface area contributed by atoms with Crippen molar-refractivity contribution in [3.63, 3.8) is 0 Å². The molecule has 0 radical (unpaired) electrons. The minimum absolute atomic E-state index is 0.0945. The van der Waals surface area contributed by atoms with Crippen molar-refractivity contribution in [1.82, 2.24) is 15.0 Å². The minimum atomic E-state index is -3.77. The third-order valence-electron chi connectivity index (χ3n) is 5.67. The van der Waals surface area contributed by atoms with Gasteiger partial charge >= 0.3 is 0 Å². The Morgan fingerprint density at radius 2 is 1.68 bits per heavy atom. The van der Waals surface area contributed by atoms with Crippen LogP contribution in [-0.4, -0.2) is 50.5 Å². The van der Waals surface area contributed by atoms with Gasteiger partial charge in [-0.25, -0.2) is 18.4 Å². The lowest BCUT2D eigenvalue weighted by Gasteiger charge is -2.14. The first kappa shape index (κ1) is 28.1. The first-order chi connectivity index (χ1) is 19.2. The van der Waals surface area contributed by atoms with Gasteiger partial charge in [0.1, 0.15) is 17.5 Å². The first-order valence-electron chi connectivity index (χ1n) is 12.0. The van der Waals surface area contributed by atoms with E-state index in [1.165, 1.54) is 18.3 Å². The Kier molecular flexibility index (Phi) is 8.64. The monoisotopic (exact) mass is 563 g/mol. The lowest BCUT2D eigenvalue weighted by atomic mass is 10.1. The molecule has 0 fully saturated rings. The number of rotatable bonds is 10. The molecule has 4 N–H and O–H groups in total. The van der Waals surface area contributed by atoms with Gasteiger partial charge in [-0.2, -0.15) is 9.98 Å². The van der Waals surface area contributed by atoms with Crippen molar-refractivity contribution in [1.29, 1.82) is 0 Å². The lowest BCUT2D eigenvalue weighted by Crippen LogP contribution is -2.14. The zero-order valence-electron chi connectivity index (χ0n) is 22.4. The van der Waals surface area contributed by atoms with Crippen LogP contribution in [0.2, 0.25) is 0 Å². The molecule has 0 spiro atoms. The van der Waals surface area contributed by atoms with Crippen LogP contribution in [0, 0.1) is 0 Å². The minimum Gasteiger partial charge on any atom is -0.493 e. The highest BCUT2D eigenvalue weighted by atomic mass is 32.2. The Bertz CT molecular complexity index is 1590.